The average Bonchev–Trinajstić information content (AvgIpc) is 3.00. The number of hydrogen-bond donors (Lipinski definition) is 8. The SMILES string of the molecule is Cc1cc(N=Nc2c(C)c(C#N)c3nc4c(S(=O)(=O)O)ccc(CO)c4n3c2O)c(OCCCS(=O)(=O)O)cc1N=Nc1cc(CO)c(N=Nc2nc3c(S(=O)(=O)O)cc4ccc(S(=O)(=O)O)cc4c3s2)cc1SCCCS(=O)(=O)O. The molecule has 0 radical (unpaired) electrons. The molecule has 426 valence electrons. The van der Waals surface area contributed by atoms with E-state index in [1.165, 1.54) is 43.3 Å². The van der Waals surface area contributed by atoms with Crippen molar-refractivity contribution in [1.82, 2.24) is 14.4 Å². The Kier molecular flexibility index (Phi) is 17.1. The van der Waals surface area contributed by atoms with Crippen LogP contribution in [-0.2, 0) is 63.8 Å². The van der Waals surface area contributed by atoms with Gasteiger partial charge in [0.05, 0.1) is 63.5 Å². The number of aliphatic hydroxyl groups is 2. The van der Waals surface area contributed by atoms with E-state index in [1.54, 1.807) is 6.92 Å². The molecule has 0 aliphatic heterocycles. The molecule has 3 heterocycles. The molecule has 0 atom stereocenters. The summed E-state index contributed by atoms with van der Waals surface area (Å²) in [6.45, 7) is 1.19. The molecule has 0 aliphatic rings. The van der Waals surface area contributed by atoms with Gasteiger partial charge in [-0.05, 0) is 85.9 Å². The van der Waals surface area contributed by atoms with Crippen LogP contribution in [0.4, 0.5) is 33.6 Å². The van der Waals surface area contributed by atoms with E-state index in [0.717, 1.165) is 51.8 Å². The number of aryl methyl sites for hydroxylation is 1. The summed E-state index contributed by atoms with van der Waals surface area (Å²) in [5.74, 6) is -2.13. The standard InChI is InChI=1S/C45H40N10O19S7/c1-22-13-32(51-53-38-23(2)29(19-46)43-47-39-36(80(68,69)70)8-6-25(20-56)41(39)55(43)44(38)58)34(74-9-3-11-77(59,60)61)17-30(22)49-52-33-14-26(21-57)31(18-35(33)75-10-4-12-78(62,63)64)50-54-45-48-40-37(81(71,72)73)15-24-5-7-27(79(65,66)67)16-28(24)42(40)76-45/h5-8,13-18,56-58H,3-4,9-12,20-21H2,1-2H3,(H,59,60,61)(H,62,63,64)(H,65,66,67)(H,68,69,70)(H,71,72,73). The van der Waals surface area contributed by atoms with Crippen LogP contribution in [0.2, 0.25) is 0 Å². The number of hydrogen-bond acceptors (Lipinski definition) is 25. The lowest BCUT2D eigenvalue weighted by Gasteiger charge is -2.12. The molecule has 0 bridgehead atoms. The first-order valence-corrected chi connectivity index (χ1v) is 32.1. The van der Waals surface area contributed by atoms with Crippen molar-refractivity contribution < 1.29 is 84.9 Å². The number of nitrogens with zero attached hydrogens (tertiary/aromatic N) is 10. The largest absolute Gasteiger partial charge is 0.493 e. The van der Waals surface area contributed by atoms with E-state index < -0.39 is 95.9 Å². The second-order valence-corrected chi connectivity index (χ2v) is 26.7. The third-order valence-corrected chi connectivity index (χ3v) is 18.1. The van der Waals surface area contributed by atoms with Crippen LogP contribution >= 0.6 is 23.1 Å². The highest BCUT2D eigenvalue weighted by molar-refractivity contribution is 7.99. The molecule has 0 fully saturated rings. The highest BCUT2D eigenvalue weighted by Gasteiger charge is 2.28. The number of rotatable bonds is 21. The van der Waals surface area contributed by atoms with Crippen LogP contribution < -0.4 is 4.74 Å². The number of thioether (sulfide) groups is 1. The lowest BCUT2D eigenvalue weighted by molar-refractivity contribution is 0.282. The van der Waals surface area contributed by atoms with E-state index in [9.17, 15) is 85.4 Å². The maximum Gasteiger partial charge on any atom is 0.296 e. The topological polar surface area (TPSA) is 470 Å². The van der Waals surface area contributed by atoms with Crippen LogP contribution in [0.25, 0.3) is 37.7 Å². The maximum atomic E-state index is 12.5. The molecular formula is C45H40N10O19S7. The van der Waals surface area contributed by atoms with Gasteiger partial charge in [0.2, 0.25) is 11.0 Å². The maximum absolute atomic E-state index is 12.5. The van der Waals surface area contributed by atoms with Crippen LogP contribution in [0.15, 0.2) is 111 Å². The predicted molar refractivity (Wildman–Crippen MR) is 291 cm³/mol. The van der Waals surface area contributed by atoms with E-state index in [0.29, 0.717) is 5.56 Å². The lowest BCUT2D eigenvalue weighted by atomic mass is 10.1. The number of benzene rings is 5. The zero-order valence-electron chi connectivity index (χ0n) is 41.3. The van der Waals surface area contributed by atoms with E-state index in [-0.39, 0.29) is 129 Å². The zero-order valence-corrected chi connectivity index (χ0v) is 47.0. The van der Waals surface area contributed by atoms with Crippen LogP contribution in [0.3, 0.4) is 0 Å². The fourth-order valence-electron chi connectivity index (χ4n) is 8.00. The third kappa shape index (κ3) is 13.3. The highest BCUT2D eigenvalue weighted by atomic mass is 32.2. The van der Waals surface area contributed by atoms with Crippen LogP contribution in [0.5, 0.6) is 11.6 Å². The zero-order chi connectivity index (χ0) is 59.1. The number of ether oxygens (including phenoxy) is 1. The number of aromatic nitrogens is 3. The normalized spacial score (nSPS) is 13.1. The first kappa shape index (κ1) is 60.0. The molecular weight excluding hydrogens is 1210 g/mol. The third-order valence-electron chi connectivity index (χ3n) is 11.8. The van der Waals surface area contributed by atoms with Gasteiger partial charge in [0.1, 0.15) is 43.9 Å². The van der Waals surface area contributed by atoms with Gasteiger partial charge < -0.3 is 20.1 Å². The summed E-state index contributed by atoms with van der Waals surface area (Å²) >= 11 is 1.76. The molecule has 81 heavy (non-hydrogen) atoms. The summed E-state index contributed by atoms with van der Waals surface area (Å²) in [6, 6.07) is 13.9. The molecule has 8 N–H and O–H groups in total. The smallest absolute Gasteiger partial charge is 0.296 e. The van der Waals surface area contributed by atoms with E-state index in [4.69, 9.17) is 4.74 Å². The Balaban J connectivity index is 1.21. The minimum Gasteiger partial charge on any atom is -0.493 e. The molecule has 36 heteroatoms. The highest BCUT2D eigenvalue weighted by Crippen LogP contribution is 2.45. The van der Waals surface area contributed by atoms with Crippen LogP contribution in [0, 0.1) is 25.2 Å². The van der Waals surface area contributed by atoms with E-state index in [2.05, 4.69) is 40.7 Å². The fraction of sp³-hybridized carbons (Fsp3) is 0.222. The van der Waals surface area contributed by atoms with Gasteiger partial charge in [0.15, 0.2) is 11.3 Å². The molecule has 0 saturated heterocycles. The first-order chi connectivity index (χ1) is 37.9. The molecule has 8 rings (SSSR count). The molecule has 0 spiro atoms. The van der Waals surface area contributed by atoms with Crippen molar-refractivity contribution in [3.63, 3.8) is 0 Å². The Labute approximate surface area is 466 Å². The van der Waals surface area contributed by atoms with Gasteiger partial charge in [0.25, 0.3) is 50.6 Å². The van der Waals surface area contributed by atoms with Crippen molar-refractivity contribution >= 4 is 145 Å². The minimum atomic E-state index is -4.93. The molecule has 8 aromatic rings. The number of fused-ring (bicyclic) bond motifs is 6. The Morgan fingerprint density at radius 1 is 0.679 bits per heavy atom. The number of pyridine rings is 1. The van der Waals surface area contributed by atoms with Gasteiger partial charge in [-0.3, -0.25) is 27.2 Å². The second kappa shape index (κ2) is 23.0. The van der Waals surface area contributed by atoms with Crippen molar-refractivity contribution in [3.05, 3.63) is 88.5 Å². The lowest BCUT2D eigenvalue weighted by Crippen LogP contribution is -2.08. The molecule has 0 unspecified atom stereocenters. The summed E-state index contributed by atoms with van der Waals surface area (Å²) in [5, 5.41) is 68.4. The van der Waals surface area contributed by atoms with Gasteiger partial charge in [-0.2, -0.15) is 52.5 Å². The van der Waals surface area contributed by atoms with Gasteiger partial charge in [-0.25, -0.2) is 9.97 Å². The van der Waals surface area contributed by atoms with Crippen molar-refractivity contribution in [2.75, 3.05) is 23.9 Å². The quantitative estimate of drug-likeness (QED) is 0.0145. The monoisotopic (exact) mass is 1250 g/mol. The Morgan fingerprint density at radius 2 is 1.33 bits per heavy atom. The Hall–Kier alpha value is -7.09. The van der Waals surface area contributed by atoms with Gasteiger partial charge in [-0.15, -0.1) is 37.3 Å². The Bertz CT molecular complexity index is 4660. The predicted octanol–water partition coefficient (Wildman–Crippen LogP) is 8.44. The minimum absolute atomic E-state index is 0.00133. The van der Waals surface area contributed by atoms with Gasteiger partial charge in [-0.1, -0.05) is 23.5 Å². The average molecular weight is 1250 g/mol. The van der Waals surface area contributed by atoms with Crippen molar-refractivity contribution in [2.24, 2.45) is 30.7 Å². The number of aromatic hydroxyl groups is 1. The molecule has 0 saturated carbocycles. The fourth-order valence-corrected chi connectivity index (χ4v) is 12.9. The molecule has 3 aromatic heterocycles. The van der Waals surface area contributed by atoms with E-state index in [1.807, 2.05) is 6.07 Å². The molecule has 0 amide bonds. The van der Waals surface area contributed by atoms with E-state index >= 15 is 0 Å². The van der Waals surface area contributed by atoms with Gasteiger partial charge >= 0.3 is 0 Å². The second-order valence-electron chi connectivity index (χ2n) is 17.3. The summed E-state index contributed by atoms with van der Waals surface area (Å²) in [4.78, 5) is 6.84. The van der Waals surface area contributed by atoms with Crippen molar-refractivity contribution in [1.29, 1.82) is 5.26 Å². The molecule has 0 aliphatic carbocycles. The summed E-state index contributed by atoms with van der Waals surface area (Å²) in [5.41, 5.74) is -1.25. The summed E-state index contributed by atoms with van der Waals surface area (Å²) < 4.78 is 175. The number of aliphatic hydroxyl groups excluding tert-OH is 2. The number of azo groups is 3. The molecule has 5 aromatic carbocycles. The van der Waals surface area contributed by atoms with Crippen LogP contribution in [-0.4, -0.2) is 118 Å². The van der Waals surface area contributed by atoms with Crippen molar-refractivity contribution in [2.45, 2.75) is 59.5 Å². The Morgan fingerprint density at radius 3 is 1.98 bits per heavy atom. The van der Waals surface area contributed by atoms with Crippen LogP contribution in [0.1, 0.15) is 40.7 Å². The molecule has 29 nitrogen and oxygen atoms in total. The van der Waals surface area contributed by atoms with Gasteiger partial charge in [0, 0.05) is 33.0 Å². The first-order valence-electron chi connectivity index (χ1n) is 22.7. The summed E-state index contributed by atoms with van der Waals surface area (Å²) in [6.07, 6.45) is -0.304. The number of imidazole rings is 1. The van der Waals surface area contributed by atoms with Crippen molar-refractivity contribution in [3.8, 4) is 17.7 Å². The number of nitriles is 1. The summed E-state index contributed by atoms with van der Waals surface area (Å²) in [7, 11) is -23.4. The number of thiazole rings is 1.